The van der Waals surface area contributed by atoms with Crippen LogP contribution in [0.5, 0.6) is 11.5 Å². The second-order valence-corrected chi connectivity index (χ2v) is 8.58. The minimum atomic E-state index is -0.636. The molecule has 168 valence electrons. The van der Waals surface area contributed by atoms with E-state index in [9.17, 15) is 10.1 Å². The number of aryl methyl sites for hydroxylation is 1. The first-order valence-electron chi connectivity index (χ1n) is 10.2. The van der Waals surface area contributed by atoms with Gasteiger partial charge in [0.2, 0.25) is 11.6 Å². The van der Waals surface area contributed by atoms with E-state index in [-0.39, 0.29) is 23.0 Å². The number of hydrogen-bond acceptors (Lipinski definition) is 6. The highest BCUT2D eigenvalue weighted by Gasteiger charge is 2.32. The van der Waals surface area contributed by atoms with Crippen molar-refractivity contribution in [3.8, 4) is 17.6 Å². The van der Waals surface area contributed by atoms with Crippen molar-refractivity contribution in [3.63, 3.8) is 0 Å². The van der Waals surface area contributed by atoms with Gasteiger partial charge < -0.3 is 19.6 Å². The van der Waals surface area contributed by atoms with Gasteiger partial charge in [0.25, 0.3) is 0 Å². The van der Waals surface area contributed by atoms with Gasteiger partial charge in [-0.3, -0.25) is 0 Å². The number of nitrogens with zero attached hydrogens (tertiary/aromatic N) is 1. The van der Waals surface area contributed by atoms with Crippen molar-refractivity contribution in [2.24, 2.45) is 5.73 Å². The maximum atomic E-state index is 12.8. The molecule has 4 aromatic rings. The van der Waals surface area contributed by atoms with E-state index >= 15 is 0 Å². The number of ether oxygens (including phenoxy) is 2. The first-order valence-corrected chi connectivity index (χ1v) is 11.0. The minimum Gasteiger partial charge on any atom is -0.449 e. The van der Waals surface area contributed by atoms with Gasteiger partial charge in [0.15, 0.2) is 0 Å². The number of fused-ring (bicyclic) bond motifs is 2. The fraction of sp³-hybridized carbons (Fsp3) is 0.0769. The summed E-state index contributed by atoms with van der Waals surface area (Å²) >= 11 is 12.5. The smallest absolute Gasteiger partial charge is 0.379 e. The molecule has 1 atom stereocenters. The van der Waals surface area contributed by atoms with Gasteiger partial charge in [0.05, 0.1) is 5.92 Å². The van der Waals surface area contributed by atoms with Gasteiger partial charge in [-0.05, 0) is 36.8 Å². The van der Waals surface area contributed by atoms with E-state index in [0.29, 0.717) is 38.1 Å². The summed E-state index contributed by atoms with van der Waals surface area (Å²) in [5.74, 6) is -0.555. The molecule has 0 saturated heterocycles. The number of furan rings is 1. The van der Waals surface area contributed by atoms with Crippen LogP contribution in [0.15, 0.2) is 76.5 Å². The normalized spacial score (nSPS) is 14.9. The van der Waals surface area contributed by atoms with Crippen LogP contribution in [-0.4, -0.2) is 5.97 Å². The quantitative estimate of drug-likeness (QED) is 0.260. The Morgan fingerprint density at radius 3 is 2.59 bits per heavy atom. The molecule has 1 aromatic heterocycles. The molecule has 0 fully saturated rings. The largest absolute Gasteiger partial charge is 0.449 e. The molecule has 34 heavy (non-hydrogen) atoms. The molecule has 3 aromatic carbocycles. The third-order valence-corrected chi connectivity index (χ3v) is 6.27. The summed E-state index contributed by atoms with van der Waals surface area (Å²) in [6.07, 6.45) is 0. The van der Waals surface area contributed by atoms with Crippen LogP contribution in [0.1, 0.15) is 33.2 Å². The molecular weight excluding hydrogens is 475 g/mol. The fourth-order valence-electron chi connectivity index (χ4n) is 4.08. The first kappa shape index (κ1) is 21.9. The lowest BCUT2D eigenvalue weighted by Gasteiger charge is -2.27. The van der Waals surface area contributed by atoms with Crippen molar-refractivity contribution >= 4 is 40.1 Å². The van der Waals surface area contributed by atoms with E-state index in [1.54, 1.807) is 49.4 Å². The SMILES string of the molecule is Cc1c(C(=O)Oc2ccc3c(c2)OC(N)=C(C#N)C3c2ccc(Cl)cc2Cl)oc2ccccc12. The lowest BCUT2D eigenvalue weighted by atomic mass is 9.83. The van der Waals surface area contributed by atoms with Crippen molar-refractivity contribution < 1.29 is 18.7 Å². The zero-order valence-corrected chi connectivity index (χ0v) is 19.3. The van der Waals surface area contributed by atoms with Crippen molar-refractivity contribution in [1.82, 2.24) is 0 Å². The number of carbonyl (C=O) groups is 1. The number of hydrogen-bond donors (Lipinski definition) is 1. The van der Waals surface area contributed by atoms with Gasteiger partial charge in [-0.25, -0.2) is 4.79 Å². The Morgan fingerprint density at radius 1 is 1.09 bits per heavy atom. The van der Waals surface area contributed by atoms with E-state index in [1.807, 2.05) is 18.2 Å². The summed E-state index contributed by atoms with van der Waals surface area (Å²) in [7, 11) is 0. The highest BCUT2D eigenvalue weighted by atomic mass is 35.5. The van der Waals surface area contributed by atoms with Crippen LogP contribution in [0.25, 0.3) is 11.0 Å². The molecule has 2 N–H and O–H groups in total. The van der Waals surface area contributed by atoms with Crippen LogP contribution < -0.4 is 15.2 Å². The summed E-state index contributed by atoms with van der Waals surface area (Å²) in [6, 6.07) is 19.4. The monoisotopic (exact) mass is 490 g/mol. The number of nitrogens with two attached hydrogens (primary N) is 1. The van der Waals surface area contributed by atoms with Gasteiger partial charge >= 0.3 is 5.97 Å². The molecule has 0 amide bonds. The maximum absolute atomic E-state index is 12.8. The van der Waals surface area contributed by atoms with Gasteiger partial charge in [0.1, 0.15) is 28.7 Å². The number of rotatable bonds is 3. The van der Waals surface area contributed by atoms with Crippen molar-refractivity contribution in [2.75, 3.05) is 0 Å². The number of nitriles is 1. The first-order chi connectivity index (χ1) is 16.4. The summed E-state index contributed by atoms with van der Waals surface area (Å²) in [6.45, 7) is 1.80. The fourth-order valence-corrected chi connectivity index (χ4v) is 4.59. The average molecular weight is 491 g/mol. The topological polar surface area (TPSA) is 98.5 Å². The molecule has 0 spiro atoms. The molecular formula is C26H16Cl2N2O4. The maximum Gasteiger partial charge on any atom is 0.379 e. The van der Waals surface area contributed by atoms with Crippen LogP contribution >= 0.6 is 23.2 Å². The van der Waals surface area contributed by atoms with Crippen LogP contribution in [-0.2, 0) is 0 Å². The predicted octanol–water partition coefficient (Wildman–Crippen LogP) is 6.49. The third kappa shape index (κ3) is 3.65. The molecule has 1 aliphatic heterocycles. The Balaban J connectivity index is 1.51. The zero-order valence-electron chi connectivity index (χ0n) is 17.8. The standard InChI is InChI=1S/C26H16Cl2N2O4/c1-13-16-4-2-3-5-21(16)33-24(13)26(31)32-15-7-9-18-22(11-15)34-25(30)19(12-29)23(18)17-8-6-14(27)10-20(17)28/h2-11,23H,30H2,1H3. The molecule has 8 heteroatoms. The van der Waals surface area contributed by atoms with E-state index in [1.165, 1.54) is 0 Å². The van der Waals surface area contributed by atoms with Crippen molar-refractivity contribution in [1.29, 1.82) is 5.26 Å². The molecule has 0 saturated carbocycles. The van der Waals surface area contributed by atoms with Crippen LogP contribution in [0, 0.1) is 18.3 Å². The van der Waals surface area contributed by atoms with Gasteiger partial charge in [-0.15, -0.1) is 0 Å². The van der Waals surface area contributed by atoms with E-state index in [0.717, 1.165) is 5.39 Å². The predicted molar refractivity (Wildman–Crippen MR) is 128 cm³/mol. The van der Waals surface area contributed by atoms with E-state index < -0.39 is 11.9 Å². The summed E-state index contributed by atoms with van der Waals surface area (Å²) in [4.78, 5) is 12.8. The molecule has 5 rings (SSSR count). The Hall–Kier alpha value is -3.92. The number of allylic oxidation sites excluding steroid dienone is 1. The number of benzene rings is 3. The number of esters is 1. The Kier molecular flexibility index (Phi) is 5.45. The second-order valence-electron chi connectivity index (χ2n) is 7.73. The molecule has 2 heterocycles. The lowest BCUT2D eigenvalue weighted by Crippen LogP contribution is -2.21. The summed E-state index contributed by atoms with van der Waals surface area (Å²) < 4.78 is 17.0. The number of para-hydroxylation sites is 1. The summed E-state index contributed by atoms with van der Waals surface area (Å²) in [5, 5.41) is 11.4. The molecule has 1 aliphatic rings. The number of carbonyl (C=O) groups excluding carboxylic acids is 1. The van der Waals surface area contributed by atoms with Crippen LogP contribution in [0.2, 0.25) is 10.0 Å². The Labute approximate surface area is 204 Å². The van der Waals surface area contributed by atoms with Gasteiger partial charge in [-0.2, -0.15) is 5.26 Å². The Bertz CT molecular complexity index is 1550. The van der Waals surface area contributed by atoms with Gasteiger partial charge in [-0.1, -0.05) is 53.5 Å². The van der Waals surface area contributed by atoms with Crippen molar-refractivity contribution in [2.45, 2.75) is 12.8 Å². The molecule has 1 unspecified atom stereocenters. The zero-order chi connectivity index (χ0) is 24.0. The lowest BCUT2D eigenvalue weighted by molar-refractivity contribution is 0.0702. The number of halogens is 2. The average Bonchev–Trinajstić information content (AvgIpc) is 3.15. The molecule has 0 aliphatic carbocycles. The summed E-state index contributed by atoms with van der Waals surface area (Å²) in [5.41, 5.74) is 8.88. The van der Waals surface area contributed by atoms with Crippen molar-refractivity contribution in [3.05, 3.63) is 105 Å². The van der Waals surface area contributed by atoms with Crippen LogP contribution in [0.3, 0.4) is 0 Å². The highest BCUT2D eigenvalue weighted by molar-refractivity contribution is 6.35. The molecule has 6 nitrogen and oxygen atoms in total. The second kappa shape index (κ2) is 8.45. The third-order valence-electron chi connectivity index (χ3n) is 5.70. The van der Waals surface area contributed by atoms with E-state index in [2.05, 4.69) is 6.07 Å². The Morgan fingerprint density at radius 2 is 1.85 bits per heavy atom. The highest BCUT2D eigenvalue weighted by Crippen LogP contribution is 2.45. The molecule has 0 bridgehead atoms. The van der Waals surface area contributed by atoms with E-state index in [4.69, 9.17) is 42.8 Å². The molecule has 0 radical (unpaired) electrons. The minimum absolute atomic E-state index is 0.0531. The van der Waals surface area contributed by atoms with Crippen LogP contribution in [0.4, 0.5) is 0 Å². The van der Waals surface area contributed by atoms with Gasteiger partial charge in [0, 0.05) is 32.6 Å².